The first-order valence-corrected chi connectivity index (χ1v) is 9.05. The Hall–Kier alpha value is -3.54. The van der Waals surface area contributed by atoms with E-state index in [9.17, 15) is 9.59 Å². The third-order valence-corrected chi connectivity index (χ3v) is 4.01. The first-order valence-electron chi connectivity index (χ1n) is 9.05. The third kappa shape index (κ3) is 6.32. The van der Waals surface area contributed by atoms with Gasteiger partial charge in [0.2, 0.25) is 11.8 Å². The summed E-state index contributed by atoms with van der Waals surface area (Å²) >= 11 is 0. The van der Waals surface area contributed by atoms with Crippen LogP contribution in [0.25, 0.3) is 0 Å². The second-order valence-corrected chi connectivity index (χ2v) is 6.20. The lowest BCUT2D eigenvalue weighted by Gasteiger charge is -2.09. The monoisotopic (exact) mass is 378 g/mol. The zero-order valence-electron chi connectivity index (χ0n) is 15.4. The van der Waals surface area contributed by atoms with Gasteiger partial charge in [0.05, 0.1) is 12.8 Å². The quantitative estimate of drug-likeness (QED) is 0.592. The zero-order valence-corrected chi connectivity index (χ0v) is 15.4. The highest BCUT2D eigenvalue weighted by Crippen LogP contribution is 2.17. The SMILES string of the molecule is O=C(CCC(=O)Nc1ccc(OCc2ccccc2)cc1)NCc1ccco1. The van der Waals surface area contributed by atoms with Gasteiger partial charge in [0.25, 0.3) is 0 Å². The fraction of sp³-hybridized carbons (Fsp3) is 0.182. The molecule has 2 N–H and O–H groups in total. The van der Waals surface area contributed by atoms with Gasteiger partial charge in [-0.25, -0.2) is 0 Å². The molecule has 3 rings (SSSR count). The summed E-state index contributed by atoms with van der Waals surface area (Å²) in [4.78, 5) is 23.8. The smallest absolute Gasteiger partial charge is 0.224 e. The number of anilines is 1. The van der Waals surface area contributed by atoms with Crippen molar-refractivity contribution >= 4 is 17.5 Å². The van der Waals surface area contributed by atoms with Crippen LogP contribution < -0.4 is 15.4 Å². The van der Waals surface area contributed by atoms with Gasteiger partial charge >= 0.3 is 0 Å². The topological polar surface area (TPSA) is 80.6 Å². The van der Waals surface area contributed by atoms with Crippen LogP contribution >= 0.6 is 0 Å². The number of hydrogen-bond acceptors (Lipinski definition) is 4. The molecule has 0 fully saturated rings. The molecule has 28 heavy (non-hydrogen) atoms. The molecule has 0 aliphatic heterocycles. The van der Waals surface area contributed by atoms with Crippen LogP contribution in [-0.2, 0) is 22.7 Å². The number of ether oxygens (including phenoxy) is 1. The van der Waals surface area contributed by atoms with E-state index in [1.807, 2.05) is 30.3 Å². The normalized spacial score (nSPS) is 10.3. The second-order valence-electron chi connectivity index (χ2n) is 6.20. The van der Waals surface area contributed by atoms with Gasteiger partial charge in [-0.1, -0.05) is 30.3 Å². The number of benzene rings is 2. The summed E-state index contributed by atoms with van der Waals surface area (Å²) < 4.78 is 10.9. The molecular formula is C22H22N2O4. The molecule has 0 saturated carbocycles. The zero-order chi connectivity index (χ0) is 19.6. The molecule has 0 radical (unpaired) electrons. The fourth-order valence-electron chi connectivity index (χ4n) is 2.51. The standard InChI is InChI=1S/C22H22N2O4/c25-21(23-15-20-7-4-14-27-20)12-13-22(26)24-18-8-10-19(11-9-18)28-16-17-5-2-1-3-6-17/h1-11,14H,12-13,15-16H2,(H,23,25)(H,24,26). The Morgan fingerprint density at radius 3 is 2.32 bits per heavy atom. The molecule has 2 amide bonds. The highest BCUT2D eigenvalue weighted by Gasteiger charge is 2.08. The van der Waals surface area contributed by atoms with Crippen molar-refractivity contribution in [2.75, 3.05) is 5.32 Å². The molecule has 0 atom stereocenters. The van der Waals surface area contributed by atoms with Gasteiger partial charge in [0.1, 0.15) is 18.1 Å². The Balaban J connectivity index is 1.37. The van der Waals surface area contributed by atoms with Gasteiger partial charge in [-0.15, -0.1) is 0 Å². The maximum atomic E-state index is 12.0. The molecular weight excluding hydrogens is 356 g/mol. The predicted octanol–water partition coefficient (Wildman–Crippen LogP) is 3.89. The largest absolute Gasteiger partial charge is 0.489 e. The molecule has 3 aromatic rings. The minimum atomic E-state index is -0.217. The molecule has 2 aromatic carbocycles. The van der Waals surface area contributed by atoms with Gasteiger partial charge in [0.15, 0.2) is 0 Å². The number of rotatable bonds is 9. The van der Waals surface area contributed by atoms with Gasteiger partial charge in [0, 0.05) is 18.5 Å². The summed E-state index contributed by atoms with van der Waals surface area (Å²) in [5, 5.41) is 5.48. The molecule has 0 saturated heterocycles. The summed E-state index contributed by atoms with van der Waals surface area (Å²) in [5.74, 6) is 0.980. The van der Waals surface area contributed by atoms with Crippen LogP contribution in [0.4, 0.5) is 5.69 Å². The van der Waals surface area contributed by atoms with E-state index in [2.05, 4.69) is 10.6 Å². The van der Waals surface area contributed by atoms with Crippen molar-refractivity contribution in [1.82, 2.24) is 5.32 Å². The van der Waals surface area contributed by atoms with E-state index in [4.69, 9.17) is 9.15 Å². The van der Waals surface area contributed by atoms with Crippen molar-refractivity contribution in [2.24, 2.45) is 0 Å². The minimum absolute atomic E-state index is 0.107. The van der Waals surface area contributed by atoms with Crippen molar-refractivity contribution < 1.29 is 18.7 Å². The third-order valence-electron chi connectivity index (χ3n) is 4.01. The Kier molecular flexibility index (Phi) is 6.84. The van der Waals surface area contributed by atoms with Crippen LogP contribution in [0, 0.1) is 0 Å². The van der Waals surface area contributed by atoms with Crippen molar-refractivity contribution in [2.45, 2.75) is 26.0 Å². The molecule has 0 aliphatic rings. The van der Waals surface area contributed by atoms with Crippen LogP contribution in [0.3, 0.4) is 0 Å². The van der Waals surface area contributed by atoms with Crippen LogP contribution in [0.15, 0.2) is 77.4 Å². The Morgan fingerprint density at radius 2 is 1.61 bits per heavy atom. The van der Waals surface area contributed by atoms with Gasteiger partial charge in [-0.3, -0.25) is 9.59 Å². The van der Waals surface area contributed by atoms with Crippen LogP contribution in [-0.4, -0.2) is 11.8 Å². The van der Waals surface area contributed by atoms with Crippen LogP contribution in [0.2, 0.25) is 0 Å². The highest BCUT2D eigenvalue weighted by atomic mass is 16.5. The number of nitrogens with one attached hydrogen (secondary N) is 2. The van der Waals surface area contributed by atoms with Crippen molar-refractivity contribution in [3.63, 3.8) is 0 Å². The average Bonchev–Trinajstić information content (AvgIpc) is 3.25. The van der Waals surface area contributed by atoms with E-state index in [-0.39, 0.29) is 24.7 Å². The van der Waals surface area contributed by atoms with E-state index in [1.54, 1.807) is 42.7 Å². The number of carbonyl (C=O) groups is 2. The van der Waals surface area contributed by atoms with Crippen molar-refractivity contribution in [1.29, 1.82) is 0 Å². The lowest BCUT2D eigenvalue weighted by atomic mass is 10.2. The van der Waals surface area contributed by atoms with Gasteiger partial charge < -0.3 is 19.8 Å². The lowest BCUT2D eigenvalue weighted by Crippen LogP contribution is -2.24. The van der Waals surface area contributed by atoms with Gasteiger partial charge in [-0.05, 0) is 42.0 Å². The molecule has 0 spiro atoms. The highest BCUT2D eigenvalue weighted by molar-refractivity contribution is 5.93. The first-order chi connectivity index (χ1) is 13.7. The maximum absolute atomic E-state index is 12.0. The number of carbonyl (C=O) groups excluding carboxylic acids is 2. The molecule has 0 aliphatic carbocycles. The molecule has 1 heterocycles. The molecule has 6 nitrogen and oxygen atoms in total. The second kappa shape index (κ2) is 9.97. The molecule has 1 aromatic heterocycles. The summed E-state index contributed by atoms with van der Waals surface area (Å²) in [6.45, 7) is 0.803. The minimum Gasteiger partial charge on any atom is -0.489 e. The van der Waals surface area contributed by atoms with E-state index < -0.39 is 0 Å². The molecule has 144 valence electrons. The van der Waals surface area contributed by atoms with Gasteiger partial charge in [-0.2, -0.15) is 0 Å². The number of amides is 2. The van der Waals surface area contributed by atoms with E-state index in [0.717, 1.165) is 11.3 Å². The van der Waals surface area contributed by atoms with E-state index in [1.165, 1.54) is 0 Å². The number of furan rings is 1. The van der Waals surface area contributed by atoms with Crippen LogP contribution in [0.1, 0.15) is 24.2 Å². The average molecular weight is 378 g/mol. The van der Waals surface area contributed by atoms with E-state index in [0.29, 0.717) is 24.6 Å². The molecule has 6 heteroatoms. The predicted molar refractivity (Wildman–Crippen MR) is 106 cm³/mol. The Morgan fingerprint density at radius 1 is 0.857 bits per heavy atom. The summed E-state index contributed by atoms with van der Waals surface area (Å²) in [6.07, 6.45) is 1.77. The maximum Gasteiger partial charge on any atom is 0.224 e. The van der Waals surface area contributed by atoms with Crippen LogP contribution in [0.5, 0.6) is 5.75 Å². The summed E-state index contributed by atoms with van der Waals surface area (Å²) in [5.41, 5.74) is 1.75. The Labute approximate surface area is 163 Å². The number of hydrogen-bond donors (Lipinski definition) is 2. The summed E-state index contributed by atoms with van der Waals surface area (Å²) in [6, 6.07) is 20.6. The van der Waals surface area contributed by atoms with Crippen molar-refractivity contribution in [3.8, 4) is 5.75 Å². The van der Waals surface area contributed by atoms with Crippen molar-refractivity contribution in [3.05, 3.63) is 84.3 Å². The lowest BCUT2D eigenvalue weighted by molar-refractivity contribution is -0.124. The summed E-state index contributed by atoms with van der Waals surface area (Å²) in [7, 11) is 0. The fourth-order valence-corrected chi connectivity index (χ4v) is 2.51. The Bertz CT molecular complexity index is 875. The first kappa shape index (κ1) is 19.2. The van der Waals surface area contributed by atoms with E-state index >= 15 is 0 Å². The molecule has 0 bridgehead atoms. The molecule has 0 unspecified atom stereocenters.